The maximum atomic E-state index is 12.7. The second-order valence-electron chi connectivity index (χ2n) is 17.5. The van der Waals surface area contributed by atoms with Crippen molar-refractivity contribution in [3.05, 3.63) is 60.8 Å². The molecule has 9 nitrogen and oxygen atoms in total. The van der Waals surface area contributed by atoms with Crippen LogP contribution in [0.25, 0.3) is 0 Å². The van der Waals surface area contributed by atoms with E-state index in [4.69, 9.17) is 18.5 Å². The Hall–Kier alpha value is -2.29. The Labute approximate surface area is 375 Å². The molecule has 0 spiro atoms. The van der Waals surface area contributed by atoms with Crippen LogP contribution in [0.4, 0.5) is 0 Å². The normalized spacial score (nSPS) is 14.0. The number of phosphoric acid groups is 1. The van der Waals surface area contributed by atoms with Gasteiger partial charge < -0.3 is 18.9 Å². The standard InChI is InChI=1S/C51H92NO8P/c1-6-8-10-12-14-16-18-20-22-24-25-26-27-28-30-32-34-36-38-40-42-44-51(54)60-49(48-59-61(55,56)58-46-45-52(3,4)5)47-57-50(53)43-41-39-37-35-33-31-29-23-21-19-17-15-13-11-9-7-2/h17-20,23-25,27-29,49H,6-16,21-22,26,30-48H2,1-5H3/p+1/b19-17-,20-18-,25-24-,28-27-,29-23-. The predicted molar refractivity (Wildman–Crippen MR) is 256 cm³/mol. The van der Waals surface area contributed by atoms with E-state index in [1.807, 2.05) is 21.1 Å². The fourth-order valence-corrected chi connectivity index (χ4v) is 7.14. The van der Waals surface area contributed by atoms with E-state index >= 15 is 0 Å². The van der Waals surface area contributed by atoms with Crippen molar-refractivity contribution in [3.8, 4) is 0 Å². The summed E-state index contributed by atoms with van der Waals surface area (Å²) in [6, 6.07) is 0. The maximum absolute atomic E-state index is 12.7. The molecule has 1 N–H and O–H groups in total. The van der Waals surface area contributed by atoms with E-state index in [2.05, 4.69) is 74.6 Å². The van der Waals surface area contributed by atoms with Gasteiger partial charge in [-0.05, 0) is 83.5 Å². The summed E-state index contributed by atoms with van der Waals surface area (Å²) in [5.41, 5.74) is 0. The highest BCUT2D eigenvalue weighted by Gasteiger charge is 2.27. The van der Waals surface area contributed by atoms with Crippen LogP contribution in [0.15, 0.2) is 60.8 Å². The summed E-state index contributed by atoms with van der Waals surface area (Å²) in [5.74, 6) is -0.830. The van der Waals surface area contributed by atoms with Gasteiger partial charge in [-0.15, -0.1) is 0 Å². The minimum Gasteiger partial charge on any atom is -0.462 e. The van der Waals surface area contributed by atoms with E-state index < -0.39 is 26.5 Å². The van der Waals surface area contributed by atoms with Crippen molar-refractivity contribution in [2.45, 2.75) is 206 Å². The minimum atomic E-state index is -4.39. The van der Waals surface area contributed by atoms with E-state index in [0.717, 1.165) is 96.3 Å². The molecule has 0 amide bonds. The van der Waals surface area contributed by atoms with Gasteiger partial charge in [-0.1, -0.05) is 164 Å². The van der Waals surface area contributed by atoms with Crippen molar-refractivity contribution >= 4 is 19.8 Å². The number of quaternary nitrogens is 1. The number of likely N-dealkylation sites (N-methyl/N-ethyl adjacent to an activating group) is 1. The van der Waals surface area contributed by atoms with Crippen molar-refractivity contribution in [2.24, 2.45) is 0 Å². The summed E-state index contributed by atoms with van der Waals surface area (Å²) in [4.78, 5) is 35.5. The summed E-state index contributed by atoms with van der Waals surface area (Å²) >= 11 is 0. The lowest BCUT2D eigenvalue weighted by molar-refractivity contribution is -0.870. The molecule has 0 rings (SSSR count). The number of phosphoric ester groups is 1. The van der Waals surface area contributed by atoms with Crippen LogP contribution in [0.2, 0.25) is 0 Å². The smallest absolute Gasteiger partial charge is 0.462 e. The number of nitrogens with zero attached hydrogens (tertiary/aromatic N) is 1. The molecule has 0 aromatic rings. The highest BCUT2D eigenvalue weighted by molar-refractivity contribution is 7.47. The third-order valence-electron chi connectivity index (χ3n) is 10.3. The number of allylic oxidation sites excluding steroid dienone is 10. The van der Waals surface area contributed by atoms with E-state index in [0.29, 0.717) is 17.4 Å². The molecule has 0 saturated heterocycles. The van der Waals surface area contributed by atoms with Crippen LogP contribution in [-0.2, 0) is 32.7 Å². The zero-order valence-electron chi connectivity index (χ0n) is 39.9. The Morgan fingerprint density at radius 1 is 0.508 bits per heavy atom. The van der Waals surface area contributed by atoms with Gasteiger partial charge in [0.15, 0.2) is 6.10 Å². The Kier molecular flexibility index (Phi) is 41.4. The van der Waals surface area contributed by atoms with Crippen LogP contribution in [0, 0.1) is 0 Å². The topological polar surface area (TPSA) is 108 Å². The number of hydrogen-bond donors (Lipinski definition) is 1. The second kappa shape index (κ2) is 43.0. The zero-order chi connectivity index (χ0) is 45.0. The monoisotopic (exact) mass is 879 g/mol. The summed E-state index contributed by atoms with van der Waals surface area (Å²) in [6.07, 6.45) is 52.6. The van der Waals surface area contributed by atoms with Gasteiger partial charge in [0.2, 0.25) is 0 Å². The number of carbonyl (C=O) groups is 2. The van der Waals surface area contributed by atoms with E-state index in [-0.39, 0.29) is 32.0 Å². The Morgan fingerprint density at radius 2 is 0.885 bits per heavy atom. The van der Waals surface area contributed by atoms with Crippen molar-refractivity contribution < 1.29 is 42.1 Å². The van der Waals surface area contributed by atoms with Crippen molar-refractivity contribution in [1.82, 2.24) is 0 Å². The summed E-state index contributed by atoms with van der Waals surface area (Å²) in [6.45, 7) is 4.36. The van der Waals surface area contributed by atoms with Crippen molar-refractivity contribution in [3.63, 3.8) is 0 Å². The Balaban J connectivity index is 4.35. The lowest BCUT2D eigenvalue weighted by Gasteiger charge is -2.24. The van der Waals surface area contributed by atoms with Gasteiger partial charge in [0, 0.05) is 12.8 Å². The summed E-state index contributed by atoms with van der Waals surface area (Å²) < 4.78 is 34.4. The third-order valence-corrected chi connectivity index (χ3v) is 11.3. The fourth-order valence-electron chi connectivity index (χ4n) is 6.40. The Bertz CT molecular complexity index is 1220. The van der Waals surface area contributed by atoms with Crippen LogP contribution in [0.1, 0.15) is 200 Å². The summed E-state index contributed by atoms with van der Waals surface area (Å²) in [5, 5.41) is 0. The number of ether oxygens (including phenoxy) is 2. The summed E-state index contributed by atoms with van der Waals surface area (Å²) in [7, 11) is 1.45. The van der Waals surface area contributed by atoms with Crippen LogP contribution < -0.4 is 0 Å². The van der Waals surface area contributed by atoms with Gasteiger partial charge in [-0.25, -0.2) is 4.57 Å². The first-order valence-corrected chi connectivity index (χ1v) is 26.0. The quantitative estimate of drug-likeness (QED) is 0.0212. The molecule has 0 aromatic carbocycles. The van der Waals surface area contributed by atoms with Gasteiger partial charge in [0.05, 0.1) is 27.7 Å². The molecule has 2 unspecified atom stereocenters. The molecule has 0 bridgehead atoms. The molecule has 0 aromatic heterocycles. The Morgan fingerprint density at radius 3 is 1.33 bits per heavy atom. The van der Waals surface area contributed by atoms with Gasteiger partial charge in [-0.3, -0.25) is 18.6 Å². The van der Waals surface area contributed by atoms with Gasteiger partial charge in [0.1, 0.15) is 19.8 Å². The van der Waals surface area contributed by atoms with Crippen molar-refractivity contribution in [1.29, 1.82) is 0 Å². The largest absolute Gasteiger partial charge is 0.472 e. The molecular weight excluding hydrogens is 786 g/mol. The van der Waals surface area contributed by atoms with Crippen LogP contribution in [0.5, 0.6) is 0 Å². The fraction of sp³-hybridized carbons (Fsp3) is 0.765. The first kappa shape index (κ1) is 58.7. The minimum absolute atomic E-state index is 0.0241. The lowest BCUT2D eigenvalue weighted by atomic mass is 10.1. The number of rotatable bonds is 44. The predicted octanol–water partition coefficient (Wildman–Crippen LogP) is 14.4. The van der Waals surface area contributed by atoms with E-state index in [1.165, 1.54) is 70.6 Å². The van der Waals surface area contributed by atoms with Gasteiger partial charge in [0.25, 0.3) is 0 Å². The molecule has 0 fully saturated rings. The number of esters is 2. The molecule has 10 heteroatoms. The molecule has 61 heavy (non-hydrogen) atoms. The second-order valence-corrected chi connectivity index (χ2v) is 18.9. The number of hydrogen-bond acceptors (Lipinski definition) is 7. The first-order chi connectivity index (χ1) is 29.5. The molecule has 2 atom stereocenters. The van der Waals surface area contributed by atoms with Crippen molar-refractivity contribution in [2.75, 3.05) is 47.5 Å². The zero-order valence-corrected chi connectivity index (χ0v) is 40.8. The highest BCUT2D eigenvalue weighted by Crippen LogP contribution is 2.43. The van der Waals surface area contributed by atoms with E-state index in [9.17, 15) is 19.0 Å². The average molecular weight is 879 g/mol. The molecule has 354 valence electrons. The van der Waals surface area contributed by atoms with Crippen LogP contribution >= 0.6 is 7.82 Å². The first-order valence-electron chi connectivity index (χ1n) is 24.5. The molecule has 0 saturated carbocycles. The third kappa shape index (κ3) is 47.0. The molecule has 0 aliphatic carbocycles. The van der Waals surface area contributed by atoms with Gasteiger partial charge in [-0.2, -0.15) is 0 Å². The maximum Gasteiger partial charge on any atom is 0.472 e. The molecule has 0 radical (unpaired) electrons. The van der Waals surface area contributed by atoms with Gasteiger partial charge >= 0.3 is 19.8 Å². The molecule has 0 aliphatic rings. The van der Waals surface area contributed by atoms with Crippen LogP contribution in [0.3, 0.4) is 0 Å². The number of unbranched alkanes of at least 4 members (excludes halogenated alkanes) is 20. The molecule has 0 heterocycles. The van der Waals surface area contributed by atoms with Crippen LogP contribution in [-0.4, -0.2) is 74.9 Å². The van der Waals surface area contributed by atoms with E-state index in [1.54, 1.807) is 0 Å². The lowest BCUT2D eigenvalue weighted by Crippen LogP contribution is -2.37. The SMILES string of the molecule is CCCCCC/C=C\C/C=C\CCCCCCCC(=O)OCC(COP(=O)(O)OCC[N+](C)(C)C)OC(=O)CCCCCCCC/C=C\C/C=C\C/C=C\CCCCCCC. The highest BCUT2D eigenvalue weighted by atomic mass is 31.2. The average Bonchev–Trinajstić information content (AvgIpc) is 3.21. The number of carbonyl (C=O) groups excluding carboxylic acids is 2. The molecule has 0 aliphatic heterocycles. The molecular formula is C51H93NO8P+.